The molecule has 1 aromatic heterocycles. The lowest BCUT2D eigenvalue weighted by atomic mass is 10.1. The molecule has 0 unspecified atom stereocenters. The van der Waals surface area contributed by atoms with Crippen LogP contribution in [-0.2, 0) is 6.18 Å². The van der Waals surface area contributed by atoms with Crippen LogP contribution in [0.25, 0.3) is 11.3 Å². The average Bonchev–Trinajstić information content (AvgIpc) is 2.89. The first-order valence-electron chi connectivity index (χ1n) is 5.34. The monoisotopic (exact) mass is 272 g/mol. The SMILES string of the molecule is COc1cc(-c2ccco2)cc(OC)c1C(F)(F)F. The van der Waals surface area contributed by atoms with Gasteiger partial charge in [-0.25, -0.2) is 0 Å². The van der Waals surface area contributed by atoms with Crippen molar-refractivity contribution in [2.45, 2.75) is 6.18 Å². The van der Waals surface area contributed by atoms with E-state index in [0.717, 1.165) is 0 Å². The molecule has 0 bridgehead atoms. The Morgan fingerprint density at radius 1 is 1.05 bits per heavy atom. The minimum atomic E-state index is -4.56. The summed E-state index contributed by atoms with van der Waals surface area (Å²) in [7, 11) is 2.35. The van der Waals surface area contributed by atoms with E-state index >= 15 is 0 Å². The van der Waals surface area contributed by atoms with Crippen molar-refractivity contribution in [2.24, 2.45) is 0 Å². The van der Waals surface area contributed by atoms with E-state index in [1.54, 1.807) is 12.1 Å². The van der Waals surface area contributed by atoms with Gasteiger partial charge in [0.1, 0.15) is 22.8 Å². The second-order valence-corrected chi connectivity index (χ2v) is 3.73. The standard InChI is InChI=1S/C13H11F3O3/c1-17-10-6-8(9-4-3-5-19-9)7-11(18-2)12(10)13(14,15)16/h3-7H,1-2H3. The van der Waals surface area contributed by atoms with Crippen molar-refractivity contribution < 1.29 is 27.1 Å². The Morgan fingerprint density at radius 3 is 2.00 bits per heavy atom. The highest BCUT2D eigenvalue weighted by Gasteiger charge is 2.38. The van der Waals surface area contributed by atoms with Crippen molar-refractivity contribution in [1.82, 2.24) is 0 Å². The maximum absolute atomic E-state index is 13.0. The van der Waals surface area contributed by atoms with Gasteiger partial charge in [-0.2, -0.15) is 13.2 Å². The fourth-order valence-electron chi connectivity index (χ4n) is 1.78. The lowest BCUT2D eigenvalue weighted by Crippen LogP contribution is -2.10. The van der Waals surface area contributed by atoms with Gasteiger partial charge in [0.25, 0.3) is 0 Å². The van der Waals surface area contributed by atoms with E-state index in [-0.39, 0.29) is 11.5 Å². The molecule has 0 fully saturated rings. The molecule has 0 saturated carbocycles. The predicted molar refractivity (Wildman–Crippen MR) is 62.3 cm³/mol. The molecule has 1 aromatic carbocycles. The van der Waals surface area contributed by atoms with E-state index < -0.39 is 11.7 Å². The molecule has 0 saturated heterocycles. The van der Waals surface area contributed by atoms with Crippen molar-refractivity contribution in [3.63, 3.8) is 0 Å². The van der Waals surface area contributed by atoms with Gasteiger partial charge in [-0.05, 0) is 24.3 Å². The summed E-state index contributed by atoms with van der Waals surface area (Å²) in [5.41, 5.74) is -0.487. The number of benzene rings is 1. The normalized spacial score (nSPS) is 11.4. The minimum absolute atomic E-state index is 0.307. The Bertz CT molecular complexity index is 534. The smallest absolute Gasteiger partial charge is 0.423 e. The van der Waals surface area contributed by atoms with E-state index in [9.17, 15) is 13.2 Å². The van der Waals surface area contributed by atoms with Crippen molar-refractivity contribution in [2.75, 3.05) is 14.2 Å². The molecule has 2 rings (SSSR count). The largest absolute Gasteiger partial charge is 0.496 e. The van der Waals surface area contributed by atoms with E-state index in [2.05, 4.69) is 0 Å². The molecular weight excluding hydrogens is 261 g/mol. The van der Waals surface area contributed by atoms with E-state index in [0.29, 0.717) is 11.3 Å². The highest BCUT2D eigenvalue weighted by atomic mass is 19.4. The number of halogens is 3. The quantitative estimate of drug-likeness (QED) is 0.846. The first-order valence-corrected chi connectivity index (χ1v) is 5.34. The third kappa shape index (κ3) is 2.52. The van der Waals surface area contributed by atoms with Gasteiger partial charge in [0.05, 0.1) is 20.5 Å². The molecule has 0 radical (unpaired) electrons. The first-order chi connectivity index (χ1) is 8.97. The van der Waals surface area contributed by atoms with Crippen molar-refractivity contribution >= 4 is 0 Å². The number of methoxy groups -OCH3 is 2. The first kappa shape index (κ1) is 13.3. The predicted octanol–water partition coefficient (Wildman–Crippen LogP) is 3.98. The van der Waals surface area contributed by atoms with Crippen molar-refractivity contribution in [1.29, 1.82) is 0 Å². The fourth-order valence-corrected chi connectivity index (χ4v) is 1.78. The number of furan rings is 1. The average molecular weight is 272 g/mol. The second-order valence-electron chi connectivity index (χ2n) is 3.73. The number of rotatable bonds is 3. The maximum Gasteiger partial charge on any atom is 0.423 e. The Balaban J connectivity index is 2.65. The third-order valence-electron chi connectivity index (χ3n) is 2.59. The molecule has 0 amide bonds. The van der Waals surface area contributed by atoms with Gasteiger partial charge in [-0.3, -0.25) is 0 Å². The van der Waals surface area contributed by atoms with Gasteiger partial charge < -0.3 is 13.9 Å². The van der Waals surface area contributed by atoms with Crippen LogP contribution in [0.3, 0.4) is 0 Å². The number of ether oxygens (including phenoxy) is 2. The molecular formula is C13H11F3O3. The zero-order valence-electron chi connectivity index (χ0n) is 10.2. The molecule has 3 nitrogen and oxygen atoms in total. The summed E-state index contributed by atoms with van der Waals surface area (Å²) in [5, 5.41) is 0. The van der Waals surface area contributed by atoms with Crippen LogP contribution in [0.1, 0.15) is 5.56 Å². The van der Waals surface area contributed by atoms with Crippen LogP contribution in [-0.4, -0.2) is 14.2 Å². The summed E-state index contributed by atoms with van der Waals surface area (Å²) >= 11 is 0. The topological polar surface area (TPSA) is 31.6 Å². The summed E-state index contributed by atoms with van der Waals surface area (Å²) in [6, 6.07) is 5.82. The molecule has 0 atom stereocenters. The van der Waals surface area contributed by atoms with E-state index in [4.69, 9.17) is 13.9 Å². The van der Waals surface area contributed by atoms with Crippen LogP contribution in [0.4, 0.5) is 13.2 Å². The van der Waals surface area contributed by atoms with Gasteiger partial charge >= 0.3 is 6.18 Å². The number of hydrogen-bond donors (Lipinski definition) is 0. The Kier molecular flexibility index (Phi) is 3.42. The van der Waals surface area contributed by atoms with E-state index in [1.165, 1.54) is 32.6 Å². The molecule has 0 aliphatic rings. The molecule has 1 heterocycles. The molecule has 0 spiro atoms. The van der Waals surface area contributed by atoms with Crippen LogP contribution in [0.5, 0.6) is 11.5 Å². The number of alkyl halides is 3. The molecule has 102 valence electrons. The molecule has 0 aliphatic heterocycles. The zero-order chi connectivity index (χ0) is 14.0. The lowest BCUT2D eigenvalue weighted by molar-refractivity contribution is -0.139. The van der Waals surface area contributed by atoms with Gasteiger partial charge in [0.2, 0.25) is 0 Å². The van der Waals surface area contributed by atoms with Gasteiger partial charge in [0.15, 0.2) is 0 Å². The summed E-state index contributed by atoms with van der Waals surface area (Å²) < 4.78 is 53.7. The fraction of sp³-hybridized carbons (Fsp3) is 0.231. The lowest BCUT2D eigenvalue weighted by Gasteiger charge is -2.16. The van der Waals surface area contributed by atoms with Crippen LogP contribution in [0, 0.1) is 0 Å². The van der Waals surface area contributed by atoms with Crippen LogP contribution in [0.2, 0.25) is 0 Å². The van der Waals surface area contributed by atoms with Gasteiger partial charge in [0, 0.05) is 5.56 Å². The summed E-state index contributed by atoms with van der Waals surface area (Å²) in [6.07, 6.45) is -3.12. The minimum Gasteiger partial charge on any atom is -0.496 e. The van der Waals surface area contributed by atoms with Crippen LogP contribution < -0.4 is 9.47 Å². The number of hydrogen-bond acceptors (Lipinski definition) is 3. The Hall–Kier alpha value is -2.11. The Labute approximate surface area is 107 Å². The van der Waals surface area contributed by atoms with E-state index in [1.807, 2.05) is 0 Å². The maximum atomic E-state index is 13.0. The molecule has 0 aliphatic carbocycles. The van der Waals surface area contributed by atoms with Crippen molar-refractivity contribution in [3.8, 4) is 22.8 Å². The third-order valence-corrected chi connectivity index (χ3v) is 2.59. The molecule has 6 heteroatoms. The Morgan fingerprint density at radius 2 is 1.63 bits per heavy atom. The van der Waals surface area contributed by atoms with Crippen molar-refractivity contribution in [3.05, 3.63) is 36.1 Å². The molecule has 19 heavy (non-hydrogen) atoms. The summed E-state index contributed by atoms with van der Waals surface area (Å²) in [5.74, 6) is -0.179. The zero-order valence-corrected chi connectivity index (χ0v) is 10.2. The molecule has 0 N–H and O–H groups in total. The van der Waals surface area contributed by atoms with Gasteiger partial charge in [-0.15, -0.1) is 0 Å². The second kappa shape index (κ2) is 4.87. The highest BCUT2D eigenvalue weighted by Crippen LogP contribution is 2.44. The summed E-state index contributed by atoms with van der Waals surface area (Å²) in [6.45, 7) is 0. The summed E-state index contributed by atoms with van der Waals surface area (Å²) in [4.78, 5) is 0. The van der Waals surface area contributed by atoms with Crippen LogP contribution in [0.15, 0.2) is 34.9 Å². The van der Waals surface area contributed by atoms with Crippen LogP contribution >= 0.6 is 0 Å². The molecule has 2 aromatic rings. The highest BCUT2D eigenvalue weighted by molar-refractivity contribution is 5.65. The van der Waals surface area contributed by atoms with Gasteiger partial charge in [-0.1, -0.05) is 0 Å².